The predicted octanol–water partition coefficient (Wildman–Crippen LogP) is 0.108. The first kappa shape index (κ1) is 11.4. The molecule has 1 aliphatic heterocycles. The van der Waals surface area contributed by atoms with Crippen molar-refractivity contribution in [2.75, 3.05) is 6.54 Å². The van der Waals surface area contributed by atoms with Gasteiger partial charge in [-0.2, -0.15) is 0 Å². The van der Waals surface area contributed by atoms with Crippen LogP contribution in [0.5, 0.6) is 0 Å². The Hall–Kier alpha value is -1.10. The second-order valence-corrected chi connectivity index (χ2v) is 4.72. The van der Waals surface area contributed by atoms with E-state index in [4.69, 9.17) is 5.11 Å². The number of aliphatic carboxylic acids is 1. The summed E-state index contributed by atoms with van der Waals surface area (Å²) in [5, 5.41) is 14.8. The van der Waals surface area contributed by atoms with Crippen LogP contribution in [0.1, 0.15) is 32.1 Å². The zero-order valence-corrected chi connectivity index (χ0v) is 9.24. The molecule has 1 saturated carbocycles. The Morgan fingerprint density at radius 3 is 2.62 bits per heavy atom. The molecule has 1 aliphatic carbocycles. The fraction of sp³-hybridized carbons (Fsp3) is 0.818. The van der Waals surface area contributed by atoms with E-state index in [-0.39, 0.29) is 17.9 Å². The number of carbonyl (C=O) groups excluding carboxylic acids is 1. The zero-order chi connectivity index (χ0) is 11.5. The molecule has 2 aliphatic rings. The summed E-state index contributed by atoms with van der Waals surface area (Å²) in [5.74, 6) is -0.896. The number of hydrogen-bond donors (Lipinski definition) is 3. The van der Waals surface area contributed by atoms with Gasteiger partial charge in [0.2, 0.25) is 5.91 Å². The Bertz CT molecular complexity index is 283. The van der Waals surface area contributed by atoms with Crippen molar-refractivity contribution < 1.29 is 14.7 Å². The molecule has 0 aromatic rings. The van der Waals surface area contributed by atoms with Crippen molar-refractivity contribution in [1.29, 1.82) is 0 Å². The quantitative estimate of drug-likeness (QED) is 0.621. The minimum absolute atomic E-state index is 0.140. The molecule has 5 nitrogen and oxygen atoms in total. The number of amides is 1. The summed E-state index contributed by atoms with van der Waals surface area (Å²) in [5.41, 5.74) is 0. The molecule has 1 amide bonds. The lowest BCUT2D eigenvalue weighted by Gasteiger charge is -2.15. The van der Waals surface area contributed by atoms with Crippen molar-refractivity contribution in [3.8, 4) is 0 Å². The molecule has 0 aromatic carbocycles. The number of hydrogen-bond acceptors (Lipinski definition) is 3. The molecule has 0 aromatic heterocycles. The van der Waals surface area contributed by atoms with E-state index in [2.05, 4.69) is 10.6 Å². The van der Waals surface area contributed by atoms with Crippen molar-refractivity contribution in [2.24, 2.45) is 5.92 Å². The Labute approximate surface area is 94.6 Å². The zero-order valence-electron chi connectivity index (χ0n) is 9.24. The van der Waals surface area contributed by atoms with Crippen molar-refractivity contribution in [3.05, 3.63) is 0 Å². The average molecular weight is 226 g/mol. The van der Waals surface area contributed by atoms with Crippen LogP contribution in [0, 0.1) is 5.92 Å². The molecule has 1 saturated heterocycles. The van der Waals surface area contributed by atoms with Crippen molar-refractivity contribution in [3.63, 3.8) is 0 Å². The first-order valence-corrected chi connectivity index (χ1v) is 5.92. The van der Waals surface area contributed by atoms with Gasteiger partial charge in [-0.3, -0.25) is 4.79 Å². The molecule has 0 spiro atoms. The van der Waals surface area contributed by atoms with E-state index >= 15 is 0 Å². The first-order chi connectivity index (χ1) is 7.66. The van der Waals surface area contributed by atoms with Crippen LogP contribution >= 0.6 is 0 Å². The average Bonchev–Trinajstić information content (AvgIpc) is 2.94. The number of rotatable bonds is 5. The Kier molecular flexibility index (Phi) is 3.43. The number of carbonyl (C=O) groups is 2. The molecule has 0 radical (unpaired) electrons. The highest BCUT2D eigenvalue weighted by Crippen LogP contribution is 2.32. The van der Waals surface area contributed by atoms with Crippen LogP contribution in [0.3, 0.4) is 0 Å². The SMILES string of the molecule is O=C(CC1CCCN1)NC(C(=O)O)C1CC1. The summed E-state index contributed by atoms with van der Waals surface area (Å²) < 4.78 is 0. The lowest BCUT2D eigenvalue weighted by molar-refractivity contribution is -0.142. The van der Waals surface area contributed by atoms with Crippen LogP contribution in [0.15, 0.2) is 0 Å². The maximum atomic E-state index is 11.6. The van der Waals surface area contributed by atoms with Gasteiger partial charge in [0.05, 0.1) is 0 Å². The Morgan fingerprint density at radius 2 is 2.12 bits per heavy atom. The molecule has 2 fully saturated rings. The topological polar surface area (TPSA) is 78.4 Å². The smallest absolute Gasteiger partial charge is 0.326 e. The monoisotopic (exact) mass is 226 g/mol. The molecule has 16 heavy (non-hydrogen) atoms. The lowest BCUT2D eigenvalue weighted by Crippen LogP contribution is -2.44. The van der Waals surface area contributed by atoms with E-state index in [1.54, 1.807) is 0 Å². The van der Waals surface area contributed by atoms with Gasteiger partial charge in [-0.15, -0.1) is 0 Å². The van der Waals surface area contributed by atoms with Crippen molar-refractivity contribution in [1.82, 2.24) is 10.6 Å². The van der Waals surface area contributed by atoms with E-state index in [0.717, 1.165) is 32.2 Å². The van der Waals surface area contributed by atoms with E-state index in [9.17, 15) is 9.59 Å². The molecule has 2 unspecified atom stereocenters. The Morgan fingerprint density at radius 1 is 1.38 bits per heavy atom. The maximum Gasteiger partial charge on any atom is 0.326 e. The third-order valence-electron chi connectivity index (χ3n) is 3.27. The molecule has 2 atom stereocenters. The van der Waals surface area contributed by atoms with Gasteiger partial charge < -0.3 is 15.7 Å². The lowest BCUT2D eigenvalue weighted by atomic mass is 10.1. The van der Waals surface area contributed by atoms with E-state index in [0.29, 0.717) is 6.42 Å². The highest BCUT2D eigenvalue weighted by molar-refractivity contribution is 5.84. The van der Waals surface area contributed by atoms with E-state index < -0.39 is 12.0 Å². The largest absolute Gasteiger partial charge is 0.480 e. The fourth-order valence-corrected chi connectivity index (χ4v) is 2.20. The summed E-state index contributed by atoms with van der Waals surface area (Å²) in [4.78, 5) is 22.6. The molecule has 2 rings (SSSR count). The molecule has 5 heteroatoms. The highest BCUT2D eigenvalue weighted by atomic mass is 16.4. The third-order valence-corrected chi connectivity index (χ3v) is 3.27. The van der Waals surface area contributed by atoms with Gasteiger partial charge >= 0.3 is 5.97 Å². The van der Waals surface area contributed by atoms with Crippen LogP contribution in [-0.4, -0.2) is 35.6 Å². The number of carboxylic acids is 1. The van der Waals surface area contributed by atoms with Gasteiger partial charge in [0.25, 0.3) is 0 Å². The van der Waals surface area contributed by atoms with Crippen LogP contribution in [-0.2, 0) is 9.59 Å². The molecule has 0 bridgehead atoms. The minimum atomic E-state index is -0.907. The normalized spacial score (nSPS) is 26.4. The highest BCUT2D eigenvalue weighted by Gasteiger charge is 2.37. The van der Waals surface area contributed by atoms with Gasteiger partial charge in [-0.05, 0) is 38.1 Å². The molecule has 1 heterocycles. The summed E-state index contributed by atoms with van der Waals surface area (Å²) in [6, 6.07) is -0.442. The number of nitrogens with one attached hydrogen (secondary N) is 2. The van der Waals surface area contributed by atoms with Gasteiger partial charge in [-0.1, -0.05) is 0 Å². The standard InChI is InChI=1S/C11H18N2O3/c14-9(6-8-2-1-5-12-8)13-10(11(15)16)7-3-4-7/h7-8,10,12H,1-6H2,(H,13,14)(H,15,16). The summed E-state index contributed by atoms with van der Waals surface area (Å²) in [6.45, 7) is 0.961. The summed E-state index contributed by atoms with van der Waals surface area (Å²) in [7, 11) is 0. The van der Waals surface area contributed by atoms with Crippen molar-refractivity contribution >= 4 is 11.9 Å². The van der Waals surface area contributed by atoms with Crippen LogP contribution in [0.4, 0.5) is 0 Å². The van der Waals surface area contributed by atoms with Gasteiger partial charge in [-0.25, -0.2) is 4.79 Å². The Balaban J connectivity index is 1.77. The van der Waals surface area contributed by atoms with Gasteiger partial charge in [0.15, 0.2) is 0 Å². The number of carboxylic acid groups (broad SMARTS) is 1. The summed E-state index contributed by atoms with van der Waals surface area (Å²) in [6.07, 6.45) is 4.34. The second kappa shape index (κ2) is 4.82. The van der Waals surface area contributed by atoms with Gasteiger partial charge in [0.1, 0.15) is 6.04 Å². The van der Waals surface area contributed by atoms with Crippen LogP contribution < -0.4 is 10.6 Å². The van der Waals surface area contributed by atoms with Gasteiger partial charge in [0, 0.05) is 12.5 Å². The molecular weight excluding hydrogens is 208 g/mol. The minimum Gasteiger partial charge on any atom is -0.480 e. The van der Waals surface area contributed by atoms with E-state index in [1.807, 2.05) is 0 Å². The third kappa shape index (κ3) is 2.95. The van der Waals surface area contributed by atoms with E-state index in [1.165, 1.54) is 0 Å². The van der Waals surface area contributed by atoms with Crippen LogP contribution in [0.25, 0.3) is 0 Å². The molecular formula is C11H18N2O3. The first-order valence-electron chi connectivity index (χ1n) is 5.92. The summed E-state index contributed by atoms with van der Waals surface area (Å²) >= 11 is 0. The second-order valence-electron chi connectivity index (χ2n) is 4.72. The predicted molar refractivity (Wildman–Crippen MR) is 57.9 cm³/mol. The molecule has 90 valence electrons. The maximum absolute atomic E-state index is 11.6. The molecule has 3 N–H and O–H groups in total. The fourth-order valence-electron chi connectivity index (χ4n) is 2.20. The van der Waals surface area contributed by atoms with Crippen molar-refractivity contribution in [2.45, 2.75) is 44.2 Å². The van der Waals surface area contributed by atoms with Crippen LogP contribution in [0.2, 0.25) is 0 Å².